The number of thioether (sulfide) groups is 1. The van der Waals surface area contributed by atoms with Crippen LogP contribution < -0.4 is 0 Å². The molecule has 0 radical (unpaired) electrons. The summed E-state index contributed by atoms with van der Waals surface area (Å²) in [6, 6.07) is 13.9. The van der Waals surface area contributed by atoms with Crippen LogP contribution >= 0.6 is 23.4 Å². The van der Waals surface area contributed by atoms with Crippen LogP contribution in [0.5, 0.6) is 0 Å². The third kappa shape index (κ3) is 5.76. The smallest absolute Gasteiger partial charge is 0.269 e. The van der Waals surface area contributed by atoms with Gasteiger partial charge in [0, 0.05) is 36.0 Å². The van der Waals surface area contributed by atoms with Gasteiger partial charge in [-0.05, 0) is 30.2 Å². The first-order valence-electron chi connectivity index (χ1n) is 7.71. The number of hydrogen-bond donors (Lipinski definition) is 0. The molecule has 0 N–H and O–H groups in total. The lowest BCUT2D eigenvalue weighted by atomic mass is 10.1. The van der Waals surface area contributed by atoms with E-state index in [1.807, 2.05) is 25.1 Å². The number of nitrogens with zero attached hydrogens (tertiary/aromatic N) is 2. The number of hydrogen-bond acceptors (Lipinski definition) is 4. The van der Waals surface area contributed by atoms with Gasteiger partial charge in [0.15, 0.2) is 0 Å². The predicted molar refractivity (Wildman–Crippen MR) is 102 cm³/mol. The quantitative estimate of drug-likeness (QED) is 0.517. The molecule has 5 nitrogen and oxygen atoms in total. The van der Waals surface area contributed by atoms with Crippen molar-refractivity contribution >= 4 is 35.0 Å². The van der Waals surface area contributed by atoms with Gasteiger partial charge in [-0.3, -0.25) is 14.9 Å². The second-order valence-corrected chi connectivity index (χ2v) is 7.45. The summed E-state index contributed by atoms with van der Waals surface area (Å²) in [4.78, 5) is 24.4. The third-order valence-corrected chi connectivity index (χ3v) is 5.20. The number of carbonyl (C=O) groups excluding carboxylic acids is 1. The molecule has 1 amide bonds. The SMILES string of the molecule is C[C@@H](SCC(=O)N(C)Cc1ccc(Cl)cc1)c1cccc([N+](=O)[O-])c1. The predicted octanol–water partition coefficient (Wildman–Crippen LogP) is 4.70. The van der Waals surface area contributed by atoms with Crippen LogP contribution in [0.4, 0.5) is 5.69 Å². The Kier molecular flexibility index (Phi) is 6.84. The summed E-state index contributed by atoms with van der Waals surface area (Å²) in [7, 11) is 1.76. The van der Waals surface area contributed by atoms with Crippen molar-refractivity contribution in [1.82, 2.24) is 4.90 Å². The number of halogens is 1. The Morgan fingerprint density at radius 3 is 2.60 bits per heavy atom. The first kappa shape index (κ1) is 19.3. The van der Waals surface area contributed by atoms with Gasteiger partial charge >= 0.3 is 0 Å². The molecule has 2 aromatic rings. The minimum atomic E-state index is -0.411. The van der Waals surface area contributed by atoms with E-state index < -0.39 is 4.92 Å². The molecule has 0 aliphatic carbocycles. The van der Waals surface area contributed by atoms with Gasteiger partial charge in [0.25, 0.3) is 5.69 Å². The first-order valence-corrected chi connectivity index (χ1v) is 9.14. The van der Waals surface area contributed by atoms with Crippen LogP contribution in [0, 0.1) is 10.1 Å². The summed E-state index contributed by atoms with van der Waals surface area (Å²) >= 11 is 7.32. The molecular weight excluding hydrogens is 360 g/mol. The van der Waals surface area contributed by atoms with Crippen molar-refractivity contribution in [3.8, 4) is 0 Å². The molecular formula is C18H19ClN2O3S. The van der Waals surface area contributed by atoms with E-state index in [1.54, 1.807) is 36.2 Å². The van der Waals surface area contributed by atoms with Crippen LogP contribution in [0.25, 0.3) is 0 Å². The Labute approximate surface area is 156 Å². The van der Waals surface area contributed by atoms with Gasteiger partial charge in [-0.25, -0.2) is 0 Å². The molecule has 0 fully saturated rings. The van der Waals surface area contributed by atoms with Gasteiger partial charge in [-0.1, -0.05) is 35.9 Å². The van der Waals surface area contributed by atoms with E-state index in [2.05, 4.69) is 0 Å². The molecule has 2 aromatic carbocycles. The monoisotopic (exact) mass is 378 g/mol. The number of carbonyl (C=O) groups is 1. The third-order valence-electron chi connectivity index (χ3n) is 3.77. The highest BCUT2D eigenvalue weighted by Gasteiger charge is 2.15. The van der Waals surface area contributed by atoms with E-state index in [-0.39, 0.29) is 16.8 Å². The summed E-state index contributed by atoms with van der Waals surface area (Å²) in [5.74, 6) is 0.325. The second-order valence-electron chi connectivity index (χ2n) is 5.68. The Balaban J connectivity index is 1.89. The van der Waals surface area contributed by atoms with Crippen LogP contribution in [0.3, 0.4) is 0 Å². The van der Waals surface area contributed by atoms with Crippen molar-refractivity contribution in [2.24, 2.45) is 0 Å². The average Bonchev–Trinajstić information content (AvgIpc) is 2.61. The number of non-ortho nitro benzene ring substituents is 1. The first-order chi connectivity index (χ1) is 11.9. The summed E-state index contributed by atoms with van der Waals surface area (Å²) in [6.45, 7) is 2.46. The maximum atomic E-state index is 12.3. The Morgan fingerprint density at radius 2 is 1.96 bits per heavy atom. The standard InChI is InChI=1S/C18H19ClN2O3S/c1-13(15-4-3-5-17(10-15)21(23)24)25-12-18(22)20(2)11-14-6-8-16(19)9-7-14/h3-10,13H,11-12H2,1-2H3/t13-/m1/s1. The lowest BCUT2D eigenvalue weighted by molar-refractivity contribution is -0.384. The maximum absolute atomic E-state index is 12.3. The summed E-state index contributed by atoms with van der Waals surface area (Å²) < 4.78 is 0. The highest BCUT2D eigenvalue weighted by molar-refractivity contribution is 8.00. The highest BCUT2D eigenvalue weighted by atomic mass is 35.5. The molecule has 1 atom stereocenters. The molecule has 0 saturated carbocycles. The molecule has 0 aromatic heterocycles. The fraction of sp³-hybridized carbons (Fsp3) is 0.278. The Bertz CT molecular complexity index is 752. The summed E-state index contributed by atoms with van der Waals surface area (Å²) in [5.41, 5.74) is 1.92. The van der Waals surface area contributed by atoms with Gasteiger partial charge in [0.1, 0.15) is 0 Å². The van der Waals surface area contributed by atoms with E-state index in [4.69, 9.17) is 11.6 Å². The fourth-order valence-corrected chi connectivity index (χ4v) is 3.32. The van der Waals surface area contributed by atoms with Gasteiger partial charge in [-0.15, -0.1) is 11.8 Å². The lowest BCUT2D eigenvalue weighted by Gasteiger charge is -2.18. The molecule has 0 bridgehead atoms. The van der Waals surface area contributed by atoms with Crippen LogP contribution in [0.1, 0.15) is 23.3 Å². The van der Waals surface area contributed by atoms with Crippen molar-refractivity contribution in [3.05, 3.63) is 74.8 Å². The molecule has 2 rings (SSSR count). The molecule has 0 aliphatic heterocycles. The van der Waals surface area contributed by atoms with E-state index >= 15 is 0 Å². The van der Waals surface area contributed by atoms with Crippen molar-refractivity contribution in [1.29, 1.82) is 0 Å². The minimum Gasteiger partial charge on any atom is -0.341 e. The minimum absolute atomic E-state index is 0.00668. The number of amides is 1. The fourth-order valence-electron chi connectivity index (χ4n) is 2.25. The normalized spacial score (nSPS) is 11.8. The van der Waals surface area contributed by atoms with Crippen LogP contribution in [-0.2, 0) is 11.3 Å². The summed E-state index contributed by atoms with van der Waals surface area (Å²) in [5, 5.41) is 11.5. The van der Waals surface area contributed by atoms with Gasteiger partial charge < -0.3 is 4.90 Å². The van der Waals surface area contributed by atoms with E-state index in [1.165, 1.54) is 17.8 Å². The van der Waals surface area contributed by atoms with Crippen LogP contribution in [0.2, 0.25) is 5.02 Å². The van der Waals surface area contributed by atoms with Gasteiger partial charge in [-0.2, -0.15) is 0 Å². The molecule has 132 valence electrons. The largest absolute Gasteiger partial charge is 0.341 e. The zero-order chi connectivity index (χ0) is 18.4. The molecule has 0 unspecified atom stereocenters. The molecule has 0 saturated heterocycles. The van der Waals surface area contributed by atoms with Gasteiger partial charge in [0.05, 0.1) is 10.7 Å². The van der Waals surface area contributed by atoms with Crippen LogP contribution in [0.15, 0.2) is 48.5 Å². The molecule has 0 spiro atoms. The topological polar surface area (TPSA) is 63.5 Å². The molecule has 0 heterocycles. The molecule has 0 aliphatic rings. The number of rotatable bonds is 7. The second kappa shape index (κ2) is 8.87. The Hall–Kier alpha value is -2.05. The van der Waals surface area contributed by atoms with E-state index in [0.29, 0.717) is 17.3 Å². The van der Waals surface area contributed by atoms with Crippen molar-refractivity contribution < 1.29 is 9.72 Å². The van der Waals surface area contributed by atoms with Crippen molar-refractivity contribution in [2.75, 3.05) is 12.8 Å². The van der Waals surface area contributed by atoms with Crippen molar-refractivity contribution in [2.45, 2.75) is 18.7 Å². The van der Waals surface area contributed by atoms with E-state index in [0.717, 1.165) is 11.1 Å². The van der Waals surface area contributed by atoms with Crippen LogP contribution in [-0.4, -0.2) is 28.5 Å². The summed E-state index contributed by atoms with van der Waals surface area (Å²) in [6.07, 6.45) is 0. The highest BCUT2D eigenvalue weighted by Crippen LogP contribution is 2.30. The van der Waals surface area contributed by atoms with E-state index in [9.17, 15) is 14.9 Å². The average molecular weight is 379 g/mol. The maximum Gasteiger partial charge on any atom is 0.269 e. The molecule has 7 heteroatoms. The zero-order valence-corrected chi connectivity index (χ0v) is 15.6. The Morgan fingerprint density at radius 1 is 1.28 bits per heavy atom. The molecule has 25 heavy (non-hydrogen) atoms. The number of nitro benzene ring substituents is 1. The van der Waals surface area contributed by atoms with Crippen molar-refractivity contribution in [3.63, 3.8) is 0 Å². The van der Waals surface area contributed by atoms with Gasteiger partial charge in [0.2, 0.25) is 5.91 Å². The lowest BCUT2D eigenvalue weighted by Crippen LogP contribution is -2.28. The zero-order valence-electron chi connectivity index (χ0n) is 14.0. The number of nitro groups is 1. The number of benzene rings is 2.